The summed E-state index contributed by atoms with van der Waals surface area (Å²) in [5.74, 6) is -0.0618. The van der Waals surface area contributed by atoms with Gasteiger partial charge in [0.1, 0.15) is 5.82 Å². The average molecular weight is 249 g/mol. The van der Waals surface area contributed by atoms with Crippen LogP contribution in [0.2, 0.25) is 0 Å². The van der Waals surface area contributed by atoms with Crippen LogP contribution in [0.4, 0.5) is 4.39 Å². The molecule has 0 aromatic heterocycles. The van der Waals surface area contributed by atoms with Gasteiger partial charge in [0, 0.05) is 12.6 Å². The van der Waals surface area contributed by atoms with Gasteiger partial charge in [-0.1, -0.05) is 37.8 Å². The van der Waals surface area contributed by atoms with Crippen molar-refractivity contribution in [1.82, 2.24) is 5.32 Å². The largest absolute Gasteiger partial charge is 0.310 e. The van der Waals surface area contributed by atoms with Crippen LogP contribution in [0.1, 0.15) is 55.2 Å². The molecule has 0 aliphatic heterocycles. The monoisotopic (exact) mass is 249 g/mol. The van der Waals surface area contributed by atoms with Gasteiger partial charge in [0.05, 0.1) is 0 Å². The molecule has 100 valence electrons. The van der Waals surface area contributed by atoms with Crippen LogP contribution >= 0.6 is 0 Å². The molecule has 1 saturated carbocycles. The summed E-state index contributed by atoms with van der Waals surface area (Å²) in [5, 5.41) is 3.63. The molecule has 0 spiro atoms. The average Bonchev–Trinajstić information content (AvgIpc) is 2.61. The highest BCUT2D eigenvalue weighted by atomic mass is 19.1. The first-order valence-electron chi connectivity index (χ1n) is 7.16. The summed E-state index contributed by atoms with van der Waals surface area (Å²) >= 11 is 0. The van der Waals surface area contributed by atoms with Crippen molar-refractivity contribution < 1.29 is 4.39 Å². The SMILES string of the molecule is Cc1cc(CNC2CCCCCC2)cc(C)c1F. The zero-order valence-electron chi connectivity index (χ0n) is 11.6. The Morgan fingerprint density at radius 3 is 2.17 bits per heavy atom. The Kier molecular flexibility index (Phi) is 4.76. The van der Waals surface area contributed by atoms with Crippen LogP contribution in [0.5, 0.6) is 0 Å². The van der Waals surface area contributed by atoms with E-state index in [1.54, 1.807) is 0 Å². The van der Waals surface area contributed by atoms with Crippen molar-refractivity contribution in [3.05, 3.63) is 34.6 Å². The second-order valence-corrected chi connectivity index (χ2v) is 5.61. The molecule has 0 atom stereocenters. The number of nitrogens with one attached hydrogen (secondary N) is 1. The van der Waals surface area contributed by atoms with Crippen molar-refractivity contribution in [2.24, 2.45) is 0 Å². The lowest BCUT2D eigenvalue weighted by Gasteiger charge is -2.17. The molecule has 0 saturated heterocycles. The summed E-state index contributed by atoms with van der Waals surface area (Å²) in [6, 6.07) is 4.58. The lowest BCUT2D eigenvalue weighted by Crippen LogP contribution is -2.27. The molecule has 1 nitrogen and oxygen atoms in total. The Labute approximate surface area is 110 Å². The molecule has 2 rings (SSSR count). The van der Waals surface area contributed by atoms with Crippen molar-refractivity contribution in [3.63, 3.8) is 0 Å². The van der Waals surface area contributed by atoms with Gasteiger partial charge in [-0.25, -0.2) is 4.39 Å². The molecule has 1 fully saturated rings. The Morgan fingerprint density at radius 2 is 1.61 bits per heavy atom. The highest BCUT2D eigenvalue weighted by Crippen LogP contribution is 2.19. The highest BCUT2D eigenvalue weighted by Gasteiger charge is 2.12. The molecule has 18 heavy (non-hydrogen) atoms. The number of aryl methyl sites for hydroxylation is 2. The van der Waals surface area contributed by atoms with Crippen LogP contribution in [-0.2, 0) is 6.54 Å². The van der Waals surface area contributed by atoms with Gasteiger partial charge in [0.25, 0.3) is 0 Å². The van der Waals surface area contributed by atoms with Gasteiger partial charge in [-0.15, -0.1) is 0 Å². The maximum Gasteiger partial charge on any atom is 0.129 e. The minimum atomic E-state index is -0.0618. The van der Waals surface area contributed by atoms with Crippen LogP contribution < -0.4 is 5.32 Å². The van der Waals surface area contributed by atoms with E-state index in [0.29, 0.717) is 6.04 Å². The van der Waals surface area contributed by atoms with E-state index in [4.69, 9.17) is 0 Å². The number of benzene rings is 1. The lowest BCUT2D eigenvalue weighted by atomic mass is 10.0. The number of hydrogen-bond donors (Lipinski definition) is 1. The first-order valence-corrected chi connectivity index (χ1v) is 7.16. The van der Waals surface area contributed by atoms with Gasteiger partial charge in [-0.05, 0) is 43.4 Å². The molecule has 1 aromatic carbocycles. The lowest BCUT2D eigenvalue weighted by molar-refractivity contribution is 0.458. The molecule has 0 heterocycles. The summed E-state index contributed by atoms with van der Waals surface area (Å²) in [7, 11) is 0. The summed E-state index contributed by atoms with van der Waals surface area (Å²) in [6.07, 6.45) is 8.04. The van der Waals surface area contributed by atoms with Crippen molar-refractivity contribution in [3.8, 4) is 0 Å². The molecule has 2 heteroatoms. The van der Waals surface area contributed by atoms with Crippen LogP contribution in [0.15, 0.2) is 12.1 Å². The van der Waals surface area contributed by atoms with E-state index in [1.807, 2.05) is 26.0 Å². The van der Waals surface area contributed by atoms with Gasteiger partial charge in [-0.2, -0.15) is 0 Å². The Balaban J connectivity index is 1.93. The van der Waals surface area contributed by atoms with Crippen molar-refractivity contribution >= 4 is 0 Å². The fraction of sp³-hybridized carbons (Fsp3) is 0.625. The quantitative estimate of drug-likeness (QED) is 0.789. The molecule has 0 unspecified atom stereocenters. The molecule has 0 amide bonds. The molecule has 1 N–H and O–H groups in total. The third-order valence-electron chi connectivity index (χ3n) is 3.95. The zero-order chi connectivity index (χ0) is 13.0. The molecular formula is C16H24FN. The number of halogens is 1. The van der Waals surface area contributed by atoms with Crippen LogP contribution in [-0.4, -0.2) is 6.04 Å². The van der Waals surface area contributed by atoms with Gasteiger partial charge in [0.15, 0.2) is 0 Å². The fourth-order valence-electron chi connectivity index (χ4n) is 2.88. The van der Waals surface area contributed by atoms with Gasteiger partial charge >= 0.3 is 0 Å². The smallest absolute Gasteiger partial charge is 0.129 e. The maximum absolute atomic E-state index is 13.5. The van der Waals surface area contributed by atoms with E-state index >= 15 is 0 Å². The number of rotatable bonds is 3. The van der Waals surface area contributed by atoms with Crippen molar-refractivity contribution in [1.29, 1.82) is 0 Å². The first-order chi connectivity index (χ1) is 8.66. The normalized spacial score (nSPS) is 17.7. The second-order valence-electron chi connectivity index (χ2n) is 5.61. The minimum Gasteiger partial charge on any atom is -0.310 e. The Bertz CT molecular complexity index is 369. The molecular weight excluding hydrogens is 225 g/mol. The molecule has 1 aliphatic rings. The van der Waals surface area contributed by atoms with E-state index in [9.17, 15) is 4.39 Å². The molecule has 1 aliphatic carbocycles. The summed E-state index contributed by atoms with van der Waals surface area (Å²) < 4.78 is 13.5. The summed E-state index contributed by atoms with van der Waals surface area (Å²) in [4.78, 5) is 0. The van der Waals surface area contributed by atoms with Crippen molar-refractivity contribution in [2.75, 3.05) is 0 Å². The Morgan fingerprint density at radius 1 is 1.06 bits per heavy atom. The second kappa shape index (κ2) is 6.33. The van der Waals surface area contributed by atoms with Crippen LogP contribution in [0.3, 0.4) is 0 Å². The first kappa shape index (κ1) is 13.5. The van der Waals surface area contributed by atoms with Crippen LogP contribution in [0, 0.1) is 19.7 Å². The summed E-state index contributed by atoms with van der Waals surface area (Å²) in [6.45, 7) is 4.56. The van der Waals surface area contributed by atoms with Crippen molar-refractivity contribution in [2.45, 2.75) is 65.0 Å². The van der Waals surface area contributed by atoms with E-state index in [0.717, 1.165) is 17.7 Å². The van der Waals surface area contributed by atoms with E-state index in [2.05, 4.69) is 5.32 Å². The number of hydrogen-bond acceptors (Lipinski definition) is 1. The predicted molar refractivity (Wildman–Crippen MR) is 74.2 cm³/mol. The van der Waals surface area contributed by atoms with Crippen LogP contribution in [0.25, 0.3) is 0 Å². The van der Waals surface area contributed by atoms with E-state index in [1.165, 1.54) is 44.1 Å². The van der Waals surface area contributed by atoms with E-state index in [-0.39, 0.29) is 5.82 Å². The summed E-state index contributed by atoms with van der Waals surface area (Å²) in [5.41, 5.74) is 2.72. The fourth-order valence-corrected chi connectivity index (χ4v) is 2.88. The predicted octanol–water partition coefficient (Wildman–Crippen LogP) is 4.25. The molecule has 0 bridgehead atoms. The molecule has 1 aromatic rings. The minimum absolute atomic E-state index is 0.0618. The third-order valence-corrected chi connectivity index (χ3v) is 3.95. The zero-order valence-corrected chi connectivity index (χ0v) is 11.6. The molecule has 0 radical (unpaired) electrons. The van der Waals surface area contributed by atoms with E-state index < -0.39 is 0 Å². The topological polar surface area (TPSA) is 12.0 Å². The third kappa shape index (κ3) is 3.55. The van der Waals surface area contributed by atoms with Gasteiger partial charge in [0.2, 0.25) is 0 Å². The maximum atomic E-state index is 13.5. The Hall–Kier alpha value is -0.890. The van der Waals surface area contributed by atoms with Gasteiger partial charge in [-0.3, -0.25) is 0 Å². The van der Waals surface area contributed by atoms with Gasteiger partial charge < -0.3 is 5.32 Å². The highest BCUT2D eigenvalue weighted by molar-refractivity contribution is 5.30. The standard InChI is InChI=1S/C16H24FN/c1-12-9-14(10-13(2)16(12)17)11-18-15-7-5-3-4-6-8-15/h9-10,15,18H,3-8,11H2,1-2H3.